The van der Waals surface area contributed by atoms with Gasteiger partial charge in [-0.05, 0) is 24.0 Å². The van der Waals surface area contributed by atoms with Gasteiger partial charge in [0.1, 0.15) is 0 Å². The van der Waals surface area contributed by atoms with Crippen LogP contribution in [0, 0.1) is 0 Å². The first-order chi connectivity index (χ1) is 7.66. The zero-order valence-electron chi connectivity index (χ0n) is 10.6. The number of amides is 1. The van der Waals surface area contributed by atoms with Crippen molar-refractivity contribution in [1.82, 2.24) is 0 Å². The summed E-state index contributed by atoms with van der Waals surface area (Å²) in [6, 6.07) is 7.66. The maximum absolute atomic E-state index is 11.3. The van der Waals surface area contributed by atoms with Crippen LogP contribution in [0.15, 0.2) is 24.3 Å². The van der Waals surface area contributed by atoms with Crippen molar-refractivity contribution in [3.8, 4) is 0 Å². The van der Waals surface area contributed by atoms with Crippen LogP contribution in [0.5, 0.6) is 0 Å². The van der Waals surface area contributed by atoms with E-state index in [1.807, 2.05) is 24.3 Å². The number of rotatable bonds is 6. The Hall–Kier alpha value is -1.02. The first-order valence-corrected chi connectivity index (χ1v) is 6.05. The Morgan fingerprint density at radius 1 is 1.29 bits per heavy atom. The summed E-state index contributed by atoms with van der Waals surface area (Å²) in [5.41, 5.74) is 7.13. The monoisotopic (exact) mass is 255 g/mol. The number of benzene rings is 1. The van der Waals surface area contributed by atoms with E-state index in [0.717, 1.165) is 12.0 Å². The zero-order chi connectivity index (χ0) is 12.0. The third-order valence-corrected chi connectivity index (χ3v) is 3.00. The fourth-order valence-electron chi connectivity index (χ4n) is 2.01. The second-order valence-corrected chi connectivity index (χ2v) is 4.35. The number of carbonyl (C=O) groups is 1. The van der Waals surface area contributed by atoms with E-state index in [1.165, 1.54) is 19.3 Å². The summed E-state index contributed by atoms with van der Waals surface area (Å²) in [7, 11) is 0. The molecule has 2 nitrogen and oxygen atoms in total. The van der Waals surface area contributed by atoms with Crippen molar-refractivity contribution in [2.24, 2.45) is 5.73 Å². The summed E-state index contributed by atoms with van der Waals surface area (Å²) >= 11 is 0. The number of carbonyl (C=O) groups excluding carboxylic acids is 1. The van der Waals surface area contributed by atoms with Crippen LogP contribution in [0.1, 0.15) is 61.4 Å². The number of primary amides is 1. The summed E-state index contributed by atoms with van der Waals surface area (Å²) in [6.45, 7) is 4.36. The number of halogens is 1. The molecule has 0 aromatic heterocycles. The number of unbranched alkanes of at least 4 members (excludes halogenated alkanes) is 2. The highest BCUT2D eigenvalue weighted by Gasteiger charge is 2.12. The lowest BCUT2D eigenvalue weighted by Gasteiger charge is -2.14. The summed E-state index contributed by atoms with van der Waals surface area (Å²) in [5.74, 6) is 0.0909. The molecule has 96 valence electrons. The van der Waals surface area contributed by atoms with E-state index < -0.39 is 0 Å². The molecular weight excluding hydrogens is 234 g/mol. The smallest absolute Gasteiger partial charge is 0.248 e. The molecule has 1 aromatic carbocycles. The second kappa shape index (κ2) is 8.13. The van der Waals surface area contributed by atoms with E-state index >= 15 is 0 Å². The van der Waals surface area contributed by atoms with E-state index in [4.69, 9.17) is 5.73 Å². The van der Waals surface area contributed by atoms with Gasteiger partial charge < -0.3 is 5.73 Å². The molecule has 2 N–H and O–H groups in total. The van der Waals surface area contributed by atoms with Gasteiger partial charge >= 0.3 is 0 Å². The molecule has 0 heterocycles. The summed E-state index contributed by atoms with van der Waals surface area (Å²) in [5, 5.41) is 0. The predicted molar refractivity (Wildman–Crippen MR) is 74.8 cm³/mol. The molecule has 0 aliphatic heterocycles. The Bertz CT molecular complexity index is 352. The Labute approximate surface area is 110 Å². The van der Waals surface area contributed by atoms with Crippen LogP contribution in [0.4, 0.5) is 0 Å². The van der Waals surface area contributed by atoms with Gasteiger partial charge in [-0.3, -0.25) is 4.79 Å². The van der Waals surface area contributed by atoms with Gasteiger partial charge in [0.15, 0.2) is 0 Å². The molecule has 1 rings (SSSR count). The van der Waals surface area contributed by atoms with Crippen molar-refractivity contribution in [2.45, 2.75) is 45.4 Å². The lowest BCUT2D eigenvalue weighted by Crippen LogP contribution is -2.14. The van der Waals surface area contributed by atoms with Crippen LogP contribution in [0.3, 0.4) is 0 Å². The normalized spacial score (nSPS) is 11.6. The summed E-state index contributed by atoms with van der Waals surface area (Å²) < 4.78 is 0. The standard InChI is InChI=1S/C14H21NO.ClH/c1-3-4-5-8-11(2)12-9-6-7-10-13(12)14(15)16;/h6-7,9-11H,3-5,8H2,1-2H3,(H2,15,16);1H. The number of nitrogens with two attached hydrogens (primary N) is 1. The lowest BCUT2D eigenvalue weighted by atomic mass is 9.91. The van der Waals surface area contributed by atoms with Gasteiger partial charge in [-0.15, -0.1) is 12.4 Å². The van der Waals surface area contributed by atoms with Gasteiger partial charge in [0.2, 0.25) is 5.91 Å². The van der Waals surface area contributed by atoms with Gasteiger partial charge in [-0.1, -0.05) is 51.3 Å². The molecule has 17 heavy (non-hydrogen) atoms. The fourth-order valence-corrected chi connectivity index (χ4v) is 2.01. The minimum absolute atomic E-state index is 0. The summed E-state index contributed by atoms with van der Waals surface area (Å²) in [6.07, 6.45) is 4.82. The SMILES string of the molecule is CCCCCC(C)c1ccccc1C(N)=O.Cl. The first kappa shape index (κ1) is 16.0. The Kier molecular flexibility index (Phi) is 7.64. The van der Waals surface area contributed by atoms with Crippen molar-refractivity contribution in [1.29, 1.82) is 0 Å². The van der Waals surface area contributed by atoms with Crippen molar-refractivity contribution >= 4 is 18.3 Å². The molecule has 0 bridgehead atoms. The molecule has 0 aliphatic rings. The maximum atomic E-state index is 11.3. The minimum Gasteiger partial charge on any atom is -0.366 e. The Morgan fingerprint density at radius 3 is 2.53 bits per heavy atom. The van der Waals surface area contributed by atoms with E-state index in [0.29, 0.717) is 11.5 Å². The average molecular weight is 256 g/mol. The van der Waals surface area contributed by atoms with E-state index in [-0.39, 0.29) is 18.3 Å². The van der Waals surface area contributed by atoms with E-state index in [2.05, 4.69) is 13.8 Å². The molecule has 3 heteroatoms. The molecule has 1 amide bonds. The second-order valence-electron chi connectivity index (χ2n) is 4.35. The lowest BCUT2D eigenvalue weighted by molar-refractivity contribution is 0.0999. The van der Waals surface area contributed by atoms with Crippen LogP contribution < -0.4 is 5.73 Å². The fraction of sp³-hybridized carbons (Fsp3) is 0.500. The molecule has 0 aliphatic carbocycles. The third-order valence-electron chi connectivity index (χ3n) is 3.00. The van der Waals surface area contributed by atoms with Crippen LogP contribution in [0.25, 0.3) is 0 Å². The zero-order valence-corrected chi connectivity index (χ0v) is 11.4. The highest BCUT2D eigenvalue weighted by atomic mass is 35.5. The van der Waals surface area contributed by atoms with Crippen LogP contribution in [-0.4, -0.2) is 5.91 Å². The van der Waals surface area contributed by atoms with Gasteiger partial charge in [0.05, 0.1) is 0 Å². The quantitative estimate of drug-likeness (QED) is 0.770. The van der Waals surface area contributed by atoms with Crippen molar-refractivity contribution in [3.63, 3.8) is 0 Å². The molecule has 0 spiro atoms. The van der Waals surface area contributed by atoms with Crippen LogP contribution >= 0.6 is 12.4 Å². The number of hydrogen-bond acceptors (Lipinski definition) is 1. The van der Waals surface area contributed by atoms with Gasteiger partial charge in [-0.25, -0.2) is 0 Å². The minimum atomic E-state index is -0.321. The molecule has 1 aromatic rings. The molecule has 0 radical (unpaired) electrons. The molecule has 0 saturated carbocycles. The third kappa shape index (κ3) is 4.78. The Morgan fingerprint density at radius 2 is 1.94 bits per heavy atom. The Balaban J connectivity index is 0.00000256. The molecule has 0 fully saturated rings. The van der Waals surface area contributed by atoms with Gasteiger partial charge in [0.25, 0.3) is 0 Å². The van der Waals surface area contributed by atoms with Gasteiger partial charge in [-0.2, -0.15) is 0 Å². The maximum Gasteiger partial charge on any atom is 0.248 e. The topological polar surface area (TPSA) is 43.1 Å². The van der Waals surface area contributed by atoms with Crippen molar-refractivity contribution in [3.05, 3.63) is 35.4 Å². The molecule has 1 unspecified atom stereocenters. The molecular formula is C14H22ClNO. The highest BCUT2D eigenvalue weighted by Crippen LogP contribution is 2.24. The van der Waals surface area contributed by atoms with Crippen molar-refractivity contribution < 1.29 is 4.79 Å². The van der Waals surface area contributed by atoms with Gasteiger partial charge in [0, 0.05) is 5.56 Å². The molecule has 0 saturated heterocycles. The summed E-state index contributed by atoms with van der Waals surface area (Å²) in [4.78, 5) is 11.3. The largest absolute Gasteiger partial charge is 0.366 e. The average Bonchev–Trinajstić information content (AvgIpc) is 2.29. The predicted octanol–water partition coefficient (Wildman–Crippen LogP) is 3.89. The first-order valence-electron chi connectivity index (χ1n) is 6.05. The van der Waals surface area contributed by atoms with Crippen molar-refractivity contribution in [2.75, 3.05) is 0 Å². The number of hydrogen-bond donors (Lipinski definition) is 1. The van der Waals surface area contributed by atoms with Crippen LogP contribution in [-0.2, 0) is 0 Å². The molecule has 1 atom stereocenters. The van der Waals surface area contributed by atoms with Crippen LogP contribution in [0.2, 0.25) is 0 Å². The highest BCUT2D eigenvalue weighted by molar-refractivity contribution is 5.94. The van der Waals surface area contributed by atoms with E-state index in [9.17, 15) is 4.79 Å². The van der Waals surface area contributed by atoms with E-state index in [1.54, 1.807) is 0 Å².